The molecule has 0 saturated heterocycles. The first kappa shape index (κ1) is 18.0. The van der Waals surface area contributed by atoms with Crippen LogP contribution in [0.2, 0.25) is 0 Å². The molecule has 0 spiro atoms. The molecule has 2 saturated carbocycles. The van der Waals surface area contributed by atoms with Crippen molar-refractivity contribution in [3.05, 3.63) is 53.3 Å². The van der Waals surface area contributed by atoms with Crippen molar-refractivity contribution in [3.8, 4) is 16.9 Å². The summed E-state index contributed by atoms with van der Waals surface area (Å²) in [6, 6.07) is 10.7. The van der Waals surface area contributed by atoms with Crippen LogP contribution in [0.4, 0.5) is 4.39 Å². The topological polar surface area (TPSA) is 46.5 Å². The number of aliphatic carboxylic acids is 1. The van der Waals surface area contributed by atoms with Crippen molar-refractivity contribution in [3.63, 3.8) is 0 Å². The largest absolute Gasteiger partial charge is 0.490 e. The monoisotopic (exact) mass is 368 g/mol. The second-order valence-corrected chi connectivity index (χ2v) is 7.71. The SMILES string of the molecule is O=C(O)Cc1cccc(OC2CCCC2)c1-c1cccc(F)c1C1CCC1. The smallest absolute Gasteiger partial charge is 0.307 e. The van der Waals surface area contributed by atoms with E-state index in [2.05, 4.69) is 0 Å². The summed E-state index contributed by atoms with van der Waals surface area (Å²) in [5.41, 5.74) is 2.96. The molecule has 0 bridgehead atoms. The van der Waals surface area contributed by atoms with Gasteiger partial charge in [-0.25, -0.2) is 4.39 Å². The Bertz CT molecular complexity index is 836. The van der Waals surface area contributed by atoms with Gasteiger partial charge >= 0.3 is 5.97 Å². The Balaban J connectivity index is 1.84. The number of ether oxygens (including phenoxy) is 1. The highest BCUT2D eigenvalue weighted by atomic mass is 19.1. The third-order valence-electron chi connectivity index (χ3n) is 5.89. The van der Waals surface area contributed by atoms with Gasteiger partial charge in [-0.05, 0) is 73.3 Å². The minimum Gasteiger partial charge on any atom is -0.490 e. The minimum absolute atomic E-state index is 0.0994. The number of benzene rings is 2. The average molecular weight is 368 g/mol. The van der Waals surface area contributed by atoms with Gasteiger partial charge in [-0.15, -0.1) is 0 Å². The average Bonchev–Trinajstić information content (AvgIpc) is 3.08. The number of carboxylic acids is 1. The van der Waals surface area contributed by atoms with E-state index >= 15 is 0 Å². The molecule has 3 nitrogen and oxygen atoms in total. The molecule has 2 fully saturated rings. The molecule has 2 aliphatic rings. The van der Waals surface area contributed by atoms with Gasteiger partial charge in [0, 0.05) is 5.56 Å². The van der Waals surface area contributed by atoms with Crippen LogP contribution in [0.1, 0.15) is 62.0 Å². The molecule has 142 valence electrons. The highest BCUT2D eigenvalue weighted by molar-refractivity contribution is 5.82. The van der Waals surface area contributed by atoms with Crippen LogP contribution in [-0.4, -0.2) is 17.2 Å². The van der Waals surface area contributed by atoms with Gasteiger partial charge in [-0.1, -0.05) is 30.7 Å². The third-order valence-corrected chi connectivity index (χ3v) is 5.89. The first-order valence-corrected chi connectivity index (χ1v) is 9.92. The van der Waals surface area contributed by atoms with Crippen LogP contribution in [0.25, 0.3) is 11.1 Å². The van der Waals surface area contributed by atoms with Crippen molar-refractivity contribution in [1.82, 2.24) is 0 Å². The summed E-state index contributed by atoms with van der Waals surface area (Å²) in [4.78, 5) is 11.4. The van der Waals surface area contributed by atoms with Crippen LogP contribution in [0.15, 0.2) is 36.4 Å². The van der Waals surface area contributed by atoms with Crippen molar-refractivity contribution < 1.29 is 19.0 Å². The maximum atomic E-state index is 14.8. The van der Waals surface area contributed by atoms with Crippen molar-refractivity contribution >= 4 is 5.97 Å². The van der Waals surface area contributed by atoms with Crippen LogP contribution in [0.5, 0.6) is 5.75 Å². The van der Waals surface area contributed by atoms with E-state index in [1.54, 1.807) is 6.07 Å². The molecule has 0 aliphatic heterocycles. The molecule has 4 heteroatoms. The van der Waals surface area contributed by atoms with Gasteiger partial charge in [0.15, 0.2) is 0 Å². The lowest BCUT2D eigenvalue weighted by Crippen LogP contribution is -2.15. The fourth-order valence-electron chi connectivity index (χ4n) is 4.34. The fourth-order valence-corrected chi connectivity index (χ4v) is 4.34. The van der Waals surface area contributed by atoms with Crippen molar-refractivity contribution in [2.45, 2.75) is 63.4 Å². The van der Waals surface area contributed by atoms with Crippen LogP contribution in [0.3, 0.4) is 0 Å². The molecule has 2 aromatic rings. The molecule has 0 aromatic heterocycles. The van der Waals surface area contributed by atoms with Gasteiger partial charge in [0.05, 0.1) is 12.5 Å². The lowest BCUT2D eigenvalue weighted by atomic mass is 9.76. The second-order valence-electron chi connectivity index (χ2n) is 7.71. The minimum atomic E-state index is -0.893. The Morgan fingerprint density at radius 3 is 2.44 bits per heavy atom. The Hall–Kier alpha value is -2.36. The van der Waals surface area contributed by atoms with Crippen molar-refractivity contribution in [1.29, 1.82) is 0 Å². The van der Waals surface area contributed by atoms with Gasteiger partial charge in [-0.2, -0.15) is 0 Å². The number of carbonyl (C=O) groups is 1. The second kappa shape index (κ2) is 7.71. The third kappa shape index (κ3) is 3.71. The quantitative estimate of drug-likeness (QED) is 0.710. The first-order chi connectivity index (χ1) is 13.1. The zero-order valence-corrected chi connectivity index (χ0v) is 15.4. The number of carboxylic acid groups (broad SMARTS) is 1. The zero-order chi connectivity index (χ0) is 18.8. The van der Waals surface area contributed by atoms with E-state index in [0.717, 1.165) is 61.6 Å². The molecule has 0 unspecified atom stereocenters. The Kier molecular flexibility index (Phi) is 5.15. The molecular weight excluding hydrogens is 343 g/mol. The van der Waals surface area contributed by atoms with Gasteiger partial charge in [0.1, 0.15) is 11.6 Å². The molecule has 1 N–H and O–H groups in total. The highest BCUT2D eigenvalue weighted by Crippen LogP contribution is 2.46. The summed E-state index contributed by atoms with van der Waals surface area (Å²) < 4.78 is 21.1. The molecule has 0 heterocycles. The Morgan fingerprint density at radius 1 is 1.04 bits per heavy atom. The maximum Gasteiger partial charge on any atom is 0.307 e. The normalized spacial score (nSPS) is 17.7. The van der Waals surface area contributed by atoms with E-state index in [1.165, 1.54) is 6.07 Å². The van der Waals surface area contributed by atoms with E-state index in [1.807, 2.05) is 24.3 Å². The van der Waals surface area contributed by atoms with E-state index < -0.39 is 5.97 Å². The number of halogens is 1. The first-order valence-electron chi connectivity index (χ1n) is 9.92. The Labute approximate surface area is 159 Å². The van der Waals surface area contributed by atoms with E-state index in [4.69, 9.17) is 4.74 Å². The van der Waals surface area contributed by atoms with Crippen LogP contribution >= 0.6 is 0 Å². The van der Waals surface area contributed by atoms with E-state index in [0.29, 0.717) is 11.3 Å². The van der Waals surface area contributed by atoms with Gasteiger partial charge in [-0.3, -0.25) is 4.79 Å². The van der Waals surface area contributed by atoms with Gasteiger partial charge in [0.25, 0.3) is 0 Å². The standard InChI is InChI=1S/C23H25FO3/c24-19-12-5-11-18(22(19)15-6-3-7-15)23-16(14-21(25)26)8-4-13-20(23)27-17-9-1-2-10-17/h4-5,8,11-13,15,17H,1-3,6-7,9-10,14H2,(H,25,26). The van der Waals surface area contributed by atoms with Crippen LogP contribution in [0, 0.1) is 5.82 Å². The summed E-state index contributed by atoms with van der Waals surface area (Å²) in [6.45, 7) is 0. The molecule has 27 heavy (non-hydrogen) atoms. The molecule has 4 rings (SSSR count). The molecular formula is C23H25FO3. The molecule has 2 aliphatic carbocycles. The molecule has 2 aromatic carbocycles. The van der Waals surface area contributed by atoms with E-state index in [9.17, 15) is 14.3 Å². The number of hydrogen-bond acceptors (Lipinski definition) is 2. The molecule has 0 radical (unpaired) electrons. The molecule has 0 amide bonds. The summed E-state index contributed by atoms with van der Waals surface area (Å²) in [7, 11) is 0. The summed E-state index contributed by atoms with van der Waals surface area (Å²) in [5.74, 6) is -0.199. The van der Waals surface area contributed by atoms with E-state index in [-0.39, 0.29) is 24.3 Å². The highest BCUT2D eigenvalue weighted by Gasteiger charge is 2.28. The summed E-state index contributed by atoms with van der Waals surface area (Å²) in [5, 5.41) is 9.39. The predicted octanol–water partition coefficient (Wildman–Crippen LogP) is 5.71. The van der Waals surface area contributed by atoms with Crippen LogP contribution < -0.4 is 4.74 Å². The van der Waals surface area contributed by atoms with Gasteiger partial charge in [0.2, 0.25) is 0 Å². The van der Waals surface area contributed by atoms with Crippen molar-refractivity contribution in [2.75, 3.05) is 0 Å². The maximum absolute atomic E-state index is 14.8. The Morgan fingerprint density at radius 2 is 1.78 bits per heavy atom. The lowest BCUT2D eigenvalue weighted by Gasteiger charge is -2.29. The van der Waals surface area contributed by atoms with Crippen molar-refractivity contribution in [2.24, 2.45) is 0 Å². The summed E-state index contributed by atoms with van der Waals surface area (Å²) in [6.07, 6.45) is 7.47. The number of hydrogen-bond donors (Lipinski definition) is 1. The predicted molar refractivity (Wildman–Crippen MR) is 103 cm³/mol. The number of rotatable bonds is 6. The fraction of sp³-hybridized carbons (Fsp3) is 0.435. The summed E-state index contributed by atoms with van der Waals surface area (Å²) >= 11 is 0. The molecule has 0 atom stereocenters. The van der Waals surface area contributed by atoms with Gasteiger partial charge < -0.3 is 9.84 Å². The zero-order valence-electron chi connectivity index (χ0n) is 15.4. The lowest BCUT2D eigenvalue weighted by molar-refractivity contribution is -0.136. The van der Waals surface area contributed by atoms with Crippen LogP contribution in [-0.2, 0) is 11.2 Å².